The molecule has 0 aliphatic heterocycles. The van der Waals surface area contributed by atoms with Gasteiger partial charge in [0.05, 0.1) is 18.9 Å². The molecule has 154 valence electrons. The Morgan fingerprint density at radius 1 is 1.21 bits per heavy atom. The predicted molar refractivity (Wildman–Crippen MR) is 111 cm³/mol. The van der Waals surface area contributed by atoms with Crippen molar-refractivity contribution in [1.82, 2.24) is 15.8 Å². The van der Waals surface area contributed by atoms with Gasteiger partial charge in [0, 0.05) is 25.1 Å². The standard InChI is InChI=1S/C21H32N4O3/c1-5-15(6-2)19-12-18(28-25-19)13-23-21(22-7-3)24-14-20(26)16-9-8-10-17(11-16)27-4/h8-12,15,20,26H,5-7,13-14H2,1-4H3,(H2,22,23,24). The molecule has 3 N–H and O–H groups in total. The van der Waals surface area contributed by atoms with E-state index in [0.29, 0.717) is 25.0 Å². The Hall–Kier alpha value is -2.54. The average Bonchev–Trinajstić information content (AvgIpc) is 3.19. The third-order valence-corrected chi connectivity index (χ3v) is 4.66. The quantitative estimate of drug-likeness (QED) is 0.427. The second-order valence-electron chi connectivity index (χ2n) is 6.60. The van der Waals surface area contributed by atoms with Crippen LogP contribution < -0.4 is 15.4 Å². The Kier molecular flexibility index (Phi) is 8.81. The Balaban J connectivity index is 1.96. The number of nitrogens with one attached hydrogen (secondary N) is 2. The van der Waals surface area contributed by atoms with E-state index in [2.05, 4.69) is 34.6 Å². The fourth-order valence-electron chi connectivity index (χ4n) is 2.96. The van der Waals surface area contributed by atoms with Gasteiger partial charge in [-0.05, 0) is 37.5 Å². The van der Waals surface area contributed by atoms with Crippen molar-refractivity contribution in [1.29, 1.82) is 0 Å². The van der Waals surface area contributed by atoms with Gasteiger partial charge >= 0.3 is 0 Å². The number of ether oxygens (including phenoxy) is 1. The van der Waals surface area contributed by atoms with Crippen molar-refractivity contribution in [3.05, 3.63) is 47.3 Å². The molecule has 1 atom stereocenters. The zero-order valence-electron chi connectivity index (χ0n) is 17.2. The fourth-order valence-corrected chi connectivity index (χ4v) is 2.96. The van der Waals surface area contributed by atoms with E-state index < -0.39 is 6.10 Å². The third kappa shape index (κ3) is 6.27. The summed E-state index contributed by atoms with van der Waals surface area (Å²) in [7, 11) is 1.61. The van der Waals surface area contributed by atoms with Crippen LogP contribution in [0.25, 0.3) is 0 Å². The number of aliphatic hydroxyl groups excluding tert-OH is 1. The van der Waals surface area contributed by atoms with Crippen LogP contribution in [0.4, 0.5) is 0 Å². The second kappa shape index (κ2) is 11.3. The van der Waals surface area contributed by atoms with Gasteiger partial charge in [0.15, 0.2) is 11.7 Å². The van der Waals surface area contributed by atoms with E-state index in [1.807, 2.05) is 37.3 Å². The molecule has 0 fully saturated rings. The lowest BCUT2D eigenvalue weighted by Gasteiger charge is -2.16. The van der Waals surface area contributed by atoms with Crippen LogP contribution in [0.2, 0.25) is 0 Å². The third-order valence-electron chi connectivity index (χ3n) is 4.66. The number of methoxy groups -OCH3 is 1. The lowest BCUT2D eigenvalue weighted by Crippen LogP contribution is -2.39. The molecule has 1 heterocycles. The molecular formula is C21H32N4O3. The van der Waals surface area contributed by atoms with Gasteiger partial charge in [0.25, 0.3) is 0 Å². The largest absolute Gasteiger partial charge is 0.497 e. The van der Waals surface area contributed by atoms with Gasteiger partial charge in [-0.1, -0.05) is 31.1 Å². The molecule has 2 rings (SSSR count). The van der Waals surface area contributed by atoms with Gasteiger partial charge in [-0.2, -0.15) is 0 Å². The van der Waals surface area contributed by atoms with Crippen LogP contribution >= 0.6 is 0 Å². The minimum absolute atomic E-state index is 0.328. The summed E-state index contributed by atoms with van der Waals surface area (Å²) in [4.78, 5) is 4.53. The van der Waals surface area contributed by atoms with Crippen LogP contribution in [0.5, 0.6) is 5.75 Å². The topological polar surface area (TPSA) is 91.9 Å². The normalized spacial score (nSPS) is 12.9. The summed E-state index contributed by atoms with van der Waals surface area (Å²) in [6.45, 7) is 7.74. The van der Waals surface area contributed by atoms with Crippen LogP contribution in [0.15, 0.2) is 39.8 Å². The van der Waals surface area contributed by atoms with Crippen LogP contribution in [-0.2, 0) is 6.54 Å². The number of nitrogens with zero attached hydrogens (tertiary/aromatic N) is 2. The highest BCUT2D eigenvalue weighted by atomic mass is 16.5. The molecule has 0 aliphatic rings. The molecule has 0 saturated heterocycles. The molecule has 0 amide bonds. The molecule has 0 radical (unpaired) electrons. The van der Waals surface area contributed by atoms with Crippen molar-refractivity contribution in [3.63, 3.8) is 0 Å². The summed E-state index contributed by atoms with van der Waals surface area (Å²) >= 11 is 0. The molecule has 0 saturated carbocycles. The lowest BCUT2D eigenvalue weighted by atomic mass is 9.99. The zero-order chi connectivity index (χ0) is 20.4. The Morgan fingerprint density at radius 2 is 2.00 bits per heavy atom. The van der Waals surface area contributed by atoms with E-state index in [4.69, 9.17) is 9.26 Å². The first-order valence-electron chi connectivity index (χ1n) is 9.90. The minimum Gasteiger partial charge on any atom is -0.497 e. The number of guanidine groups is 1. The Bertz CT molecular complexity index is 741. The number of aliphatic hydroxyl groups is 1. The zero-order valence-corrected chi connectivity index (χ0v) is 17.2. The van der Waals surface area contributed by atoms with Crippen molar-refractivity contribution in [3.8, 4) is 5.75 Å². The monoisotopic (exact) mass is 388 g/mol. The van der Waals surface area contributed by atoms with Crippen molar-refractivity contribution in [2.45, 2.75) is 52.2 Å². The average molecular weight is 389 g/mol. The van der Waals surface area contributed by atoms with E-state index in [1.54, 1.807) is 7.11 Å². The number of benzene rings is 1. The molecule has 1 aromatic heterocycles. The first kappa shape index (κ1) is 21.8. The summed E-state index contributed by atoms with van der Waals surface area (Å²) < 4.78 is 10.6. The van der Waals surface area contributed by atoms with E-state index in [-0.39, 0.29) is 0 Å². The van der Waals surface area contributed by atoms with Gasteiger partial charge in [-0.3, -0.25) is 0 Å². The van der Waals surface area contributed by atoms with Gasteiger partial charge in [-0.25, -0.2) is 4.99 Å². The molecular weight excluding hydrogens is 356 g/mol. The van der Waals surface area contributed by atoms with Gasteiger partial charge in [0.2, 0.25) is 0 Å². The molecule has 2 aromatic rings. The number of rotatable bonds is 10. The summed E-state index contributed by atoms with van der Waals surface area (Å²) in [5.41, 5.74) is 1.77. The molecule has 0 aliphatic carbocycles. The van der Waals surface area contributed by atoms with Crippen LogP contribution in [0.1, 0.15) is 62.7 Å². The highest BCUT2D eigenvalue weighted by Gasteiger charge is 2.13. The first-order valence-corrected chi connectivity index (χ1v) is 9.90. The Morgan fingerprint density at radius 3 is 2.68 bits per heavy atom. The maximum atomic E-state index is 10.4. The van der Waals surface area contributed by atoms with Crippen molar-refractivity contribution < 1.29 is 14.4 Å². The number of aliphatic imine (C=N–C) groups is 1. The van der Waals surface area contributed by atoms with E-state index in [0.717, 1.165) is 42.2 Å². The van der Waals surface area contributed by atoms with E-state index >= 15 is 0 Å². The SMILES string of the molecule is CCNC(=NCc1cc(C(CC)CC)no1)NCC(O)c1cccc(OC)c1. The van der Waals surface area contributed by atoms with Crippen molar-refractivity contribution >= 4 is 5.96 Å². The maximum absolute atomic E-state index is 10.4. The summed E-state index contributed by atoms with van der Waals surface area (Å²) in [5.74, 6) is 2.49. The summed E-state index contributed by atoms with van der Waals surface area (Å²) in [6.07, 6.45) is 1.40. The minimum atomic E-state index is -0.675. The molecule has 0 spiro atoms. The first-order chi connectivity index (χ1) is 13.6. The lowest BCUT2D eigenvalue weighted by molar-refractivity contribution is 0.180. The number of hydrogen-bond donors (Lipinski definition) is 3. The van der Waals surface area contributed by atoms with E-state index in [1.165, 1.54) is 0 Å². The Labute approximate surface area is 167 Å². The number of aromatic nitrogens is 1. The maximum Gasteiger partial charge on any atom is 0.191 e. The fraction of sp³-hybridized carbons (Fsp3) is 0.524. The van der Waals surface area contributed by atoms with Crippen molar-refractivity contribution in [2.24, 2.45) is 4.99 Å². The van der Waals surface area contributed by atoms with Crippen LogP contribution in [-0.4, -0.2) is 36.4 Å². The van der Waals surface area contributed by atoms with Crippen LogP contribution in [0, 0.1) is 0 Å². The molecule has 28 heavy (non-hydrogen) atoms. The van der Waals surface area contributed by atoms with Crippen LogP contribution in [0.3, 0.4) is 0 Å². The van der Waals surface area contributed by atoms with Gasteiger partial charge in [0.1, 0.15) is 12.3 Å². The smallest absolute Gasteiger partial charge is 0.191 e. The molecule has 1 unspecified atom stereocenters. The van der Waals surface area contributed by atoms with E-state index in [9.17, 15) is 5.11 Å². The van der Waals surface area contributed by atoms with Crippen molar-refractivity contribution in [2.75, 3.05) is 20.2 Å². The highest BCUT2D eigenvalue weighted by Crippen LogP contribution is 2.22. The molecule has 7 nitrogen and oxygen atoms in total. The van der Waals surface area contributed by atoms with Gasteiger partial charge < -0.3 is 25.0 Å². The molecule has 0 bridgehead atoms. The van der Waals surface area contributed by atoms with Gasteiger partial charge in [-0.15, -0.1) is 0 Å². The summed E-state index contributed by atoms with van der Waals surface area (Å²) in [6, 6.07) is 9.38. The molecule has 1 aromatic carbocycles. The molecule has 7 heteroatoms. The second-order valence-corrected chi connectivity index (χ2v) is 6.60. The number of hydrogen-bond acceptors (Lipinski definition) is 5. The summed E-state index contributed by atoms with van der Waals surface area (Å²) in [5, 5.41) is 20.9. The predicted octanol–water partition coefficient (Wildman–Crippen LogP) is 3.38. The highest BCUT2D eigenvalue weighted by molar-refractivity contribution is 5.79.